The van der Waals surface area contributed by atoms with Gasteiger partial charge in [0.2, 0.25) is 5.91 Å². The van der Waals surface area contributed by atoms with Crippen LogP contribution >= 0.6 is 0 Å². The summed E-state index contributed by atoms with van der Waals surface area (Å²) in [5.41, 5.74) is 4.95. The molecule has 31 heavy (non-hydrogen) atoms. The van der Waals surface area contributed by atoms with Crippen molar-refractivity contribution in [1.82, 2.24) is 30.4 Å². The van der Waals surface area contributed by atoms with Crippen LogP contribution < -0.4 is 10.8 Å². The molecule has 0 bridgehead atoms. The van der Waals surface area contributed by atoms with E-state index in [9.17, 15) is 9.59 Å². The van der Waals surface area contributed by atoms with Gasteiger partial charge in [-0.1, -0.05) is 12.1 Å². The molecule has 2 N–H and O–H groups in total. The molecular formula is C21H28N6O4. The minimum absolute atomic E-state index is 0.0182. The van der Waals surface area contributed by atoms with Crippen LogP contribution in [-0.2, 0) is 14.4 Å². The molecule has 1 aromatic heterocycles. The Bertz CT molecular complexity index is 985. The van der Waals surface area contributed by atoms with Crippen LogP contribution in [-0.4, -0.2) is 71.5 Å². The molecule has 0 saturated carbocycles. The number of likely N-dealkylation sites (tertiary alicyclic amines) is 2. The highest BCUT2D eigenvalue weighted by Crippen LogP contribution is 2.29. The summed E-state index contributed by atoms with van der Waals surface area (Å²) in [7, 11) is 3.24. The van der Waals surface area contributed by atoms with E-state index in [4.69, 9.17) is 9.57 Å². The van der Waals surface area contributed by atoms with Gasteiger partial charge in [0.15, 0.2) is 6.23 Å². The van der Waals surface area contributed by atoms with Crippen LogP contribution in [0.25, 0.3) is 10.9 Å². The number of hydrogen-bond acceptors (Lipinski definition) is 7. The first-order valence-electron chi connectivity index (χ1n) is 10.8. The summed E-state index contributed by atoms with van der Waals surface area (Å²) in [5, 5.41) is 9.18. The highest BCUT2D eigenvalue weighted by Gasteiger charge is 2.35. The molecule has 3 fully saturated rings. The smallest absolute Gasteiger partial charge is 0.409 e. The molecule has 1 aromatic carbocycles. The predicted molar refractivity (Wildman–Crippen MR) is 112 cm³/mol. The largest absolute Gasteiger partial charge is 0.453 e. The van der Waals surface area contributed by atoms with E-state index >= 15 is 0 Å². The van der Waals surface area contributed by atoms with E-state index in [1.54, 1.807) is 14.5 Å². The number of nitrogens with one attached hydrogen (secondary N) is 2. The van der Waals surface area contributed by atoms with Crippen LogP contribution in [0, 0.1) is 5.92 Å². The van der Waals surface area contributed by atoms with Crippen LogP contribution in [0.1, 0.15) is 37.1 Å². The number of hydrogen-bond donors (Lipinski definition) is 2. The average Bonchev–Trinajstić information content (AvgIpc) is 3.52. The lowest BCUT2D eigenvalue weighted by Gasteiger charge is -2.33. The van der Waals surface area contributed by atoms with Gasteiger partial charge >= 0.3 is 6.09 Å². The molecule has 5 rings (SSSR count). The van der Waals surface area contributed by atoms with E-state index in [1.165, 1.54) is 7.11 Å². The van der Waals surface area contributed by atoms with Crippen molar-refractivity contribution >= 4 is 22.9 Å². The zero-order chi connectivity index (χ0) is 21.5. The quantitative estimate of drug-likeness (QED) is 0.761. The molecule has 3 unspecified atom stereocenters. The van der Waals surface area contributed by atoms with E-state index in [1.807, 2.05) is 31.4 Å². The maximum atomic E-state index is 12.3. The van der Waals surface area contributed by atoms with Crippen LogP contribution in [0.15, 0.2) is 24.4 Å². The summed E-state index contributed by atoms with van der Waals surface area (Å²) in [5.74, 6) is 0.471. The Labute approximate surface area is 180 Å². The fraction of sp³-hybridized carbons (Fsp3) is 0.571. The van der Waals surface area contributed by atoms with Crippen molar-refractivity contribution < 1.29 is 19.2 Å². The number of amides is 2. The number of aromatic nitrogens is 2. The van der Waals surface area contributed by atoms with Crippen molar-refractivity contribution in [2.24, 2.45) is 5.92 Å². The highest BCUT2D eigenvalue weighted by molar-refractivity contribution is 5.84. The van der Waals surface area contributed by atoms with Gasteiger partial charge in [0.1, 0.15) is 6.04 Å². The van der Waals surface area contributed by atoms with Gasteiger partial charge in [0, 0.05) is 38.3 Å². The number of hydroxylamine groups is 1. The van der Waals surface area contributed by atoms with Crippen molar-refractivity contribution in [3.63, 3.8) is 0 Å². The standard InChI is InChI=1S/C21H28N6O4/c1-25-8-7-17(20(25)28)27-12-15-4-3-14(11-16(15)23-27)19-22-18(24-31-19)13-5-9-26(10-6-13)21(29)30-2/h3-4,11-13,17-19,22,24H,5-10H2,1-2H3. The van der Waals surface area contributed by atoms with Crippen LogP contribution in [0.5, 0.6) is 0 Å². The monoisotopic (exact) mass is 428 g/mol. The van der Waals surface area contributed by atoms with E-state index in [-0.39, 0.29) is 30.4 Å². The average molecular weight is 428 g/mol. The summed E-state index contributed by atoms with van der Waals surface area (Å²) >= 11 is 0. The highest BCUT2D eigenvalue weighted by atomic mass is 16.7. The topological polar surface area (TPSA) is 101 Å². The summed E-state index contributed by atoms with van der Waals surface area (Å²) in [4.78, 5) is 33.3. The summed E-state index contributed by atoms with van der Waals surface area (Å²) in [6.07, 6.45) is 3.96. The molecule has 4 heterocycles. The van der Waals surface area contributed by atoms with Gasteiger partial charge in [-0.2, -0.15) is 10.6 Å². The van der Waals surface area contributed by atoms with Gasteiger partial charge in [-0.15, -0.1) is 0 Å². The third kappa shape index (κ3) is 3.75. The molecular weight excluding hydrogens is 400 g/mol. The Kier molecular flexibility index (Phi) is 5.28. The van der Waals surface area contributed by atoms with Crippen LogP contribution in [0.4, 0.5) is 4.79 Å². The zero-order valence-corrected chi connectivity index (χ0v) is 17.8. The van der Waals surface area contributed by atoms with Crippen molar-refractivity contribution in [1.29, 1.82) is 0 Å². The zero-order valence-electron chi connectivity index (χ0n) is 17.8. The van der Waals surface area contributed by atoms with Crippen molar-refractivity contribution in [2.75, 3.05) is 33.8 Å². The maximum Gasteiger partial charge on any atom is 0.409 e. The van der Waals surface area contributed by atoms with Crippen molar-refractivity contribution in [3.05, 3.63) is 30.0 Å². The minimum Gasteiger partial charge on any atom is -0.453 e. The fourth-order valence-electron chi connectivity index (χ4n) is 4.74. The Morgan fingerprint density at radius 1 is 1.23 bits per heavy atom. The SMILES string of the molecule is COC(=O)N1CCC(C2NOC(c3ccc4cn(C5CCN(C)C5=O)nc4c3)N2)CC1. The van der Waals surface area contributed by atoms with Gasteiger partial charge in [-0.25, -0.2) is 4.79 Å². The molecule has 0 aliphatic carbocycles. The number of ether oxygens (including phenoxy) is 1. The molecule has 3 atom stereocenters. The lowest BCUT2D eigenvalue weighted by molar-refractivity contribution is -0.129. The van der Waals surface area contributed by atoms with E-state index < -0.39 is 0 Å². The number of piperidine rings is 1. The van der Waals surface area contributed by atoms with Crippen LogP contribution in [0.3, 0.4) is 0 Å². The summed E-state index contributed by atoms with van der Waals surface area (Å²) in [6.45, 7) is 2.12. The molecule has 3 aliphatic heterocycles. The second-order valence-electron chi connectivity index (χ2n) is 8.55. The van der Waals surface area contributed by atoms with Crippen molar-refractivity contribution in [3.8, 4) is 0 Å². The van der Waals surface area contributed by atoms with E-state index in [2.05, 4.69) is 15.9 Å². The van der Waals surface area contributed by atoms with Gasteiger partial charge in [0.25, 0.3) is 0 Å². The maximum absolute atomic E-state index is 12.3. The third-order valence-corrected chi connectivity index (χ3v) is 6.66. The number of carbonyl (C=O) groups excluding carboxylic acids is 2. The Morgan fingerprint density at radius 3 is 2.74 bits per heavy atom. The lowest BCUT2D eigenvalue weighted by Crippen LogP contribution is -2.46. The molecule has 0 radical (unpaired) electrons. The van der Waals surface area contributed by atoms with Gasteiger partial charge in [0.05, 0.1) is 18.8 Å². The number of fused-ring (bicyclic) bond motifs is 1. The molecule has 0 spiro atoms. The van der Waals surface area contributed by atoms with E-state index in [0.29, 0.717) is 19.0 Å². The first-order valence-corrected chi connectivity index (χ1v) is 10.8. The Balaban J connectivity index is 1.24. The first kappa shape index (κ1) is 20.2. The fourth-order valence-corrected chi connectivity index (χ4v) is 4.74. The Morgan fingerprint density at radius 2 is 2.03 bits per heavy atom. The van der Waals surface area contributed by atoms with Gasteiger partial charge < -0.3 is 14.5 Å². The molecule has 3 aliphatic rings. The third-order valence-electron chi connectivity index (χ3n) is 6.66. The number of methoxy groups -OCH3 is 1. The molecule has 2 amide bonds. The normalized spacial score (nSPS) is 27.4. The second kappa shape index (κ2) is 8.10. The molecule has 10 heteroatoms. The lowest BCUT2D eigenvalue weighted by atomic mass is 9.94. The molecule has 2 aromatic rings. The number of benzene rings is 1. The van der Waals surface area contributed by atoms with Gasteiger partial charge in [-0.3, -0.25) is 19.6 Å². The number of nitrogens with zero attached hydrogens (tertiary/aromatic N) is 4. The van der Waals surface area contributed by atoms with Crippen LogP contribution in [0.2, 0.25) is 0 Å². The minimum atomic E-state index is -0.280. The number of likely N-dealkylation sites (N-methyl/N-ethyl adjacent to an activating group) is 1. The van der Waals surface area contributed by atoms with E-state index in [0.717, 1.165) is 42.3 Å². The predicted octanol–water partition coefficient (Wildman–Crippen LogP) is 1.37. The number of carbonyl (C=O) groups is 2. The second-order valence-corrected chi connectivity index (χ2v) is 8.55. The Hall–Kier alpha value is -2.69. The summed E-state index contributed by atoms with van der Waals surface area (Å²) < 4.78 is 6.60. The number of rotatable bonds is 3. The molecule has 10 nitrogen and oxygen atoms in total. The molecule has 3 saturated heterocycles. The van der Waals surface area contributed by atoms with Crippen molar-refractivity contribution in [2.45, 2.75) is 37.7 Å². The first-order chi connectivity index (χ1) is 15.0. The molecule has 166 valence electrons. The summed E-state index contributed by atoms with van der Waals surface area (Å²) in [6, 6.07) is 5.84. The van der Waals surface area contributed by atoms with Gasteiger partial charge in [-0.05, 0) is 36.8 Å².